The number of ether oxygens (including phenoxy) is 1. The Balaban J connectivity index is 2.67. The molecule has 0 saturated carbocycles. The monoisotopic (exact) mass is 222 g/mol. The Morgan fingerprint density at radius 3 is 2.75 bits per heavy atom. The lowest BCUT2D eigenvalue weighted by molar-refractivity contribution is 0.105. The SMILES string of the molecule is CCCNc1cc(OC(C)(C)CC)ccn1. The first-order valence-corrected chi connectivity index (χ1v) is 5.96. The maximum Gasteiger partial charge on any atom is 0.129 e. The number of hydrogen-bond acceptors (Lipinski definition) is 3. The number of hydrogen-bond donors (Lipinski definition) is 1. The van der Waals surface area contributed by atoms with Crippen molar-refractivity contribution >= 4 is 5.82 Å². The molecule has 0 amide bonds. The van der Waals surface area contributed by atoms with Gasteiger partial charge in [-0.15, -0.1) is 0 Å². The highest BCUT2D eigenvalue weighted by Crippen LogP contribution is 2.22. The molecule has 0 aromatic carbocycles. The van der Waals surface area contributed by atoms with Gasteiger partial charge in [0.25, 0.3) is 0 Å². The second-order valence-corrected chi connectivity index (χ2v) is 4.52. The molecule has 1 heterocycles. The van der Waals surface area contributed by atoms with Gasteiger partial charge in [0.1, 0.15) is 17.2 Å². The summed E-state index contributed by atoms with van der Waals surface area (Å²) >= 11 is 0. The molecule has 0 bridgehead atoms. The lowest BCUT2D eigenvalue weighted by atomic mass is 10.1. The van der Waals surface area contributed by atoms with Gasteiger partial charge >= 0.3 is 0 Å². The summed E-state index contributed by atoms with van der Waals surface area (Å²) in [5.74, 6) is 1.76. The molecule has 0 fully saturated rings. The second kappa shape index (κ2) is 5.73. The molecule has 0 saturated heterocycles. The summed E-state index contributed by atoms with van der Waals surface area (Å²) < 4.78 is 5.89. The van der Waals surface area contributed by atoms with E-state index in [2.05, 4.69) is 38.0 Å². The minimum Gasteiger partial charge on any atom is -0.488 e. The third kappa shape index (κ3) is 4.09. The first kappa shape index (κ1) is 12.8. The highest BCUT2D eigenvalue weighted by Gasteiger charge is 2.16. The van der Waals surface area contributed by atoms with E-state index in [-0.39, 0.29) is 5.60 Å². The van der Waals surface area contributed by atoms with E-state index in [9.17, 15) is 0 Å². The molecule has 1 aromatic heterocycles. The quantitative estimate of drug-likeness (QED) is 0.800. The fraction of sp³-hybridized carbons (Fsp3) is 0.615. The molecular weight excluding hydrogens is 200 g/mol. The van der Waals surface area contributed by atoms with E-state index >= 15 is 0 Å². The van der Waals surface area contributed by atoms with Crippen LogP contribution in [0.2, 0.25) is 0 Å². The Morgan fingerprint density at radius 2 is 2.12 bits per heavy atom. The molecule has 1 rings (SSSR count). The Morgan fingerprint density at radius 1 is 1.38 bits per heavy atom. The highest BCUT2D eigenvalue weighted by atomic mass is 16.5. The van der Waals surface area contributed by atoms with Crippen LogP contribution >= 0.6 is 0 Å². The first-order valence-electron chi connectivity index (χ1n) is 5.96. The summed E-state index contributed by atoms with van der Waals surface area (Å²) in [5.41, 5.74) is -0.122. The van der Waals surface area contributed by atoms with E-state index in [1.54, 1.807) is 6.20 Å². The Kier molecular flexibility index (Phi) is 4.59. The summed E-state index contributed by atoms with van der Waals surface area (Å²) in [6.45, 7) is 9.37. The topological polar surface area (TPSA) is 34.1 Å². The van der Waals surface area contributed by atoms with E-state index < -0.39 is 0 Å². The van der Waals surface area contributed by atoms with Crippen LogP contribution in [-0.4, -0.2) is 17.1 Å². The van der Waals surface area contributed by atoms with Crippen molar-refractivity contribution in [2.24, 2.45) is 0 Å². The molecule has 1 aromatic rings. The molecule has 0 unspecified atom stereocenters. The fourth-order valence-corrected chi connectivity index (χ4v) is 1.22. The average molecular weight is 222 g/mol. The van der Waals surface area contributed by atoms with Crippen molar-refractivity contribution in [1.82, 2.24) is 4.98 Å². The van der Waals surface area contributed by atoms with Crippen molar-refractivity contribution in [2.75, 3.05) is 11.9 Å². The number of rotatable bonds is 6. The largest absolute Gasteiger partial charge is 0.488 e. The smallest absolute Gasteiger partial charge is 0.129 e. The molecule has 16 heavy (non-hydrogen) atoms. The number of pyridine rings is 1. The predicted molar refractivity (Wildman–Crippen MR) is 68.0 cm³/mol. The van der Waals surface area contributed by atoms with Gasteiger partial charge in [0.2, 0.25) is 0 Å². The van der Waals surface area contributed by atoms with Crippen molar-refractivity contribution < 1.29 is 4.74 Å². The van der Waals surface area contributed by atoms with Crippen molar-refractivity contribution in [3.8, 4) is 5.75 Å². The maximum absolute atomic E-state index is 5.89. The Labute approximate surface area is 98.2 Å². The predicted octanol–water partition coefficient (Wildman–Crippen LogP) is 3.47. The van der Waals surface area contributed by atoms with Gasteiger partial charge in [-0.2, -0.15) is 0 Å². The van der Waals surface area contributed by atoms with Gasteiger partial charge in [0.15, 0.2) is 0 Å². The lowest BCUT2D eigenvalue weighted by Gasteiger charge is -2.25. The summed E-state index contributed by atoms with van der Waals surface area (Å²) in [6.07, 6.45) is 3.85. The van der Waals surface area contributed by atoms with Gasteiger partial charge in [-0.05, 0) is 32.8 Å². The van der Waals surface area contributed by atoms with Crippen LogP contribution in [0.4, 0.5) is 5.82 Å². The average Bonchev–Trinajstić information content (AvgIpc) is 2.26. The van der Waals surface area contributed by atoms with Crippen LogP contribution in [0, 0.1) is 0 Å². The third-order valence-electron chi connectivity index (χ3n) is 2.53. The molecule has 0 aliphatic heterocycles. The standard InChI is InChI=1S/C13H22N2O/c1-5-8-14-12-10-11(7-9-15-12)16-13(3,4)6-2/h7,9-10H,5-6,8H2,1-4H3,(H,14,15). The van der Waals surface area contributed by atoms with Crippen LogP contribution in [-0.2, 0) is 0 Å². The van der Waals surface area contributed by atoms with E-state index in [4.69, 9.17) is 4.74 Å². The second-order valence-electron chi connectivity index (χ2n) is 4.52. The van der Waals surface area contributed by atoms with Gasteiger partial charge in [0, 0.05) is 18.8 Å². The van der Waals surface area contributed by atoms with Crippen molar-refractivity contribution in [1.29, 1.82) is 0 Å². The molecule has 0 atom stereocenters. The molecule has 0 spiro atoms. The van der Waals surface area contributed by atoms with E-state index in [0.717, 1.165) is 31.0 Å². The number of nitrogens with zero attached hydrogens (tertiary/aromatic N) is 1. The van der Waals surface area contributed by atoms with Gasteiger partial charge in [0.05, 0.1) is 0 Å². The summed E-state index contributed by atoms with van der Waals surface area (Å²) in [7, 11) is 0. The Hall–Kier alpha value is -1.25. The molecule has 3 heteroatoms. The van der Waals surface area contributed by atoms with E-state index in [1.165, 1.54) is 0 Å². The minimum atomic E-state index is -0.122. The van der Waals surface area contributed by atoms with E-state index in [0.29, 0.717) is 0 Å². The molecule has 1 N–H and O–H groups in total. The number of nitrogens with one attached hydrogen (secondary N) is 1. The molecule has 0 radical (unpaired) electrons. The van der Waals surface area contributed by atoms with Crippen LogP contribution in [0.1, 0.15) is 40.5 Å². The minimum absolute atomic E-state index is 0.122. The van der Waals surface area contributed by atoms with Crippen LogP contribution in [0.15, 0.2) is 18.3 Å². The normalized spacial score (nSPS) is 11.2. The van der Waals surface area contributed by atoms with Gasteiger partial charge in [-0.1, -0.05) is 13.8 Å². The van der Waals surface area contributed by atoms with Crippen LogP contribution in [0.5, 0.6) is 5.75 Å². The number of aromatic nitrogens is 1. The molecule has 0 aliphatic carbocycles. The zero-order chi connectivity index (χ0) is 12.0. The highest BCUT2D eigenvalue weighted by molar-refractivity contribution is 5.40. The maximum atomic E-state index is 5.89. The van der Waals surface area contributed by atoms with Crippen LogP contribution < -0.4 is 10.1 Å². The van der Waals surface area contributed by atoms with Gasteiger partial charge < -0.3 is 10.1 Å². The molecular formula is C13H22N2O. The third-order valence-corrected chi connectivity index (χ3v) is 2.53. The number of anilines is 1. The fourth-order valence-electron chi connectivity index (χ4n) is 1.22. The van der Waals surface area contributed by atoms with Crippen molar-refractivity contribution in [3.05, 3.63) is 18.3 Å². The van der Waals surface area contributed by atoms with Gasteiger partial charge in [-0.3, -0.25) is 0 Å². The zero-order valence-corrected chi connectivity index (χ0v) is 10.7. The van der Waals surface area contributed by atoms with Crippen molar-refractivity contribution in [3.63, 3.8) is 0 Å². The first-order chi connectivity index (χ1) is 7.57. The lowest BCUT2D eigenvalue weighted by Crippen LogP contribution is -2.26. The van der Waals surface area contributed by atoms with Crippen molar-refractivity contribution in [2.45, 2.75) is 46.1 Å². The summed E-state index contributed by atoms with van der Waals surface area (Å²) in [5, 5.41) is 3.25. The van der Waals surface area contributed by atoms with Crippen LogP contribution in [0.3, 0.4) is 0 Å². The molecule has 0 aliphatic rings. The summed E-state index contributed by atoms with van der Waals surface area (Å²) in [4.78, 5) is 4.24. The molecule has 90 valence electrons. The Bertz CT molecular complexity index is 323. The van der Waals surface area contributed by atoms with E-state index in [1.807, 2.05) is 12.1 Å². The van der Waals surface area contributed by atoms with Crippen LogP contribution in [0.25, 0.3) is 0 Å². The zero-order valence-electron chi connectivity index (χ0n) is 10.7. The summed E-state index contributed by atoms with van der Waals surface area (Å²) in [6, 6.07) is 3.85. The van der Waals surface area contributed by atoms with Gasteiger partial charge in [-0.25, -0.2) is 4.98 Å². The molecule has 3 nitrogen and oxygen atoms in total.